The summed E-state index contributed by atoms with van der Waals surface area (Å²) in [4.78, 5) is 21.7. The average molecular weight is 328 g/mol. The smallest absolute Gasteiger partial charge is 0.324 e. The van der Waals surface area contributed by atoms with Gasteiger partial charge in [-0.05, 0) is 6.42 Å². The lowest BCUT2D eigenvalue weighted by molar-refractivity contribution is -0.00230. The van der Waals surface area contributed by atoms with Crippen molar-refractivity contribution in [2.75, 3.05) is 19.8 Å². The summed E-state index contributed by atoms with van der Waals surface area (Å²) < 4.78 is 0. The van der Waals surface area contributed by atoms with Crippen molar-refractivity contribution in [2.45, 2.75) is 64.7 Å². The number of hydrogen-bond donors (Lipinski definition) is 6. The summed E-state index contributed by atoms with van der Waals surface area (Å²) in [7, 11) is -2.62. The zero-order valence-corrected chi connectivity index (χ0v) is 14.0. The minimum atomic E-state index is -2.62. The van der Waals surface area contributed by atoms with Crippen molar-refractivity contribution >= 4 is 8.60 Å². The molecule has 0 bridgehead atoms. The van der Waals surface area contributed by atoms with Crippen molar-refractivity contribution in [1.29, 1.82) is 0 Å². The number of aliphatic hydroxyl groups is 3. The molecule has 0 aliphatic carbocycles. The summed E-state index contributed by atoms with van der Waals surface area (Å²) in [5, 5.41) is 27.5. The van der Waals surface area contributed by atoms with E-state index in [1.807, 2.05) is 0 Å². The maximum Gasteiger partial charge on any atom is 0.324 e. The molecule has 0 spiro atoms. The number of hydrogen-bond acceptors (Lipinski definition) is 6. The van der Waals surface area contributed by atoms with Gasteiger partial charge in [0.25, 0.3) is 0 Å². The van der Waals surface area contributed by atoms with Crippen molar-refractivity contribution in [3.63, 3.8) is 0 Å². The molecule has 0 fully saturated rings. The second kappa shape index (κ2) is 16.6. The summed E-state index contributed by atoms with van der Waals surface area (Å²) >= 11 is 0. The van der Waals surface area contributed by atoms with E-state index in [1.165, 1.54) is 38.5 Å². The largest absolute Gasteiger partial charge is 0.396 e. The molecule has 0 aromatic carbocycles. The van der Waals surface area contributed by atoms with Gasteiger partial charge in [-0.3, -0.25) is 0 Å². The number of aliphatic hydroxyl groups excluding tert-OH is 3. The normalized spacial score (nSPS) is 11.4. The van der Waals surface area contributed by atoms with E-state index in [1.54, 1.807) is 0 Å². The van der Waals surface area contributed by atoms with Crippen LogP contribution in [-0.2, 0) is 0 Å². The predicted octanol–water partition coefficient (Wildman–Crippen LogP) is 1.67. The molecule has 6 nitrogen and oxygen atoms in total. The number of unbranched alkanes of at least 4 members (excludes halogenated alkanes) is 7. The third kappa shape index (κ3) is 16.4. The minimum absolute atomic E-state index is 0.128. The molecule has 0 radical (unpaired) electrons. The van der Waals surface area contributed by atoms with E-state index in [9.17, 15) is 0 Å². The van der Waals surface area contributed by atoms with Crippen molar-refractivity contribution < 1.29 is 30.0 Å². The lowest BCUT2D eigenvalue weighted by Crippen LogP contribution is -2.33. The Labute approximate surface area is 129 Å². The van der Waals surface area contributed by atoms with Crippen LogP contribution in [-0.4, -0.2) is 49.8 Å². The quantitative estimate of drug-likeness (QED) is 0.239. The summed E-state index contributed by atoms with van der Waals surface area (Å²) in [6.07, 6.45) is 10.6. The Morgan fingerprint density at radius 3 is 1.33 bits per heavy atom. The topological polar surface area (TPSA) is 121 Å². The van der Waals surface area contributed by atoms with Crippen molar-refractivity contribution in [3.8, 4) is 0 Å². The highest BCUT2D eigenvalue weighted by molar-refractivity contribution is 7.38. The fraction of sp³-hybridized carbons (Fsp3) is 1.00. The molecule has 0 saturated carbocycles. The predicted molar refractivity (Wildman–Crippen MR) is 84.5 cm³/mol. The average Bonchev–Trinajstić information content (AvgIpc) is 2.46. The Hall–Kier alpha value is 0.190. The first-order valence-electron chi connectivity index (χ1n) is 7.67. The Kier molecular flexibility index (Phi) is 18.5. The lowest BCUT2D eigenvalue weighted by atomic mass is 9.85. The van der Waals surface area contributed by atoms with E-state index in [-0.39, 0.29) is 19.8 Å². The van der Waals surface area contributed by atoms with E-state index in [2.05, 4.69) is 6.92 Å². The van der Waals surface area contributed by atoms with Crippen LogP contribution in [0.15, 0.2) is 0 Å². The molecule has 0 unspecified atom stereocenters. The highest BCUT2D eigenvalue weighted by atomic mass is 31.2. The Morgan fingerprint density at radius 2 is 1.00 bits per heavy atom. The standard InChI is InChI=1S/C14H30O3.H3O3P/c1-2-3-4-5-6-7-8-9-10-14(11-15,12-16)13-17;1-4(2)3/h15-17H,2-13H2,1H3;1-3H. The molecule has 130 valence electrons. The summed E-state index contributed by atoms with van der Waals surface area (Å²) in [6.45, 7) is 1.84. The molecule has 0 aromatic rings. The second-order valence-corrected chi connectivity index (χ2v) is 6.00. The van der Waals surface area contributed by atoms with Crippen LogP contribution in [0.4, 0.5) is 0 Å². The van der Waals surface area contributed by atoms with Crippen LogP contribution in [0.3, 0.4) is 0 Å². The Morgan fingerprint density at radius 1 is 0.667 bits per heavy atom. The van der Waals surface area contributed by atoms with Crippen LogP contribution < -0.4 is 0 Å². The van der Waals surface area contributed by atoms with E-state index in [0.717, 1.165) is 12.8 Å². The molecule has 0 heterocycles. The molecule has 0 aromatic heterocycles. The van der Waals surface area contributed by atoms with Gasteiger partial charge in [-0.15, -0.1) is 0 Å². The SMILES string of the molecule is CCCCCCCCCCC(CO)(CO)CO.OP(O)O. The zero-order valence-electron chi connectivity index (χ0n) is 13.1. The van der Waals surface area contributed by atoms with Crippen LogP contribution in [0, 0.1) is 5.41 Å². The van der Waals surface area contributed by atoms with E-state index in [0.29, 0.717) is 6.42 Å². The first kappa shape index (κ1) is 23.5. The zero-order chi connectivity index (χ0) is 16.6. The number of rotatable bonds is 12. The third-order valence-electron chi connectivity index (χ3n) is 3.57. The highest BCUT2D eigenvalue weighted by Gasteiger charge is 2.26. The third-order valence-corrected chi connectivity index (χ3v) is 3.57. The van der Waals surface area contributed by atoms with Crippen LogP contribution in [0.5, 0.6) is 0 Å². The Balaban J connectivity index is 0. The molecule has 0 atom stereocenters. The highest BCUT2D eigenvalue weighted by Crippen LogP contribution is 2.23. The van der Waals surface area contributed by atoms with E-state index >= 15 is 0 Å². The molecule has 0 amide bonds. The summed E-state index contributed by atoms with van der Waals surface area (Å²) in [5.74, 6) is 0. The fourth-order valence-electron chi connectivity index (χ4n) is 2.02. The van der Waals surface area contributed by atoms with Gasteiger partial charge in [-0.25, -0.2) is 0 Å². The van der Waals surface area contributed by atoms with Gasteiger partial charge in [-0.2, -0.15) is 0 Å². The molecule has 0 rings (SSSR count). The van der Waals surface area contributed by atoms with Gasteiger partial charge >= 0.3 is 8.60 Å². The van der Waals surface area contributed by atoms with Crippen LogP contribution in [0.2, 0.25) is 0 Å². The first-order valence-corrected chi connectivity index (χ1v) is 8.87. The maximum absolute atomic E-state index is 9.16. The molecule has 0 saturated heterocycles. The van der Waals surface area contributed by atoms with Crippen molar-refractivity contribution in [3.05, 3.63) is 0 Å². The van der Waals surface area contributed by atoms with E-state index in [4.69, 9.17) is 30.0 Å². The van der Waals surface area contributed by atoms with Gasteiger partial charge in [-0.1, -0.05) is 58.3 Å². The molecule has 21 heavy (non-hydrogen) atoms. The van der Waals surface area contributed by atoms with Gasteiger partial charge in [0.1, 0.15) is 0 Å². The summed E-state index contributed by atoms with van der Waals surface area (Å²) in [5.41, 5.74) is -0.664. The fourth-order valence-corrected chi connectivity index (χ4v) is 2.02. The molecule has 0 aliphatic heterocycles. The van der Waals surface area contributed by atoms with Crippen molar-refractivity contribution in [2.24, 2.45) is 5.41 Å². The second-order valence-electron chi connectivity index (χ2n) is 5.47. The Bertz CT molecular complexity index is 189. The van der Waals surface area contributed by atoms with Gasteiger partial charge in [0, 0.05) is 5.41 Å². The molecule has 6 N–H and O–H groups in total. The van der Waals surface area contributed by atoms with Crippen LogP contribution in [0.25, 0.3) is 0 Å². The molecular formula is C14H33O6P. The summed E-state index contributed by atoms with van der Waals surface area (Å²) in [6, 6.07) is 0. The monoisotopic (exact) mass is 328 g/mol. The molecule has 7 heteroatoms. The minimum Gasteiger partial charge on any atom is -0.396 e. The molecule has 0 aliphatic rings. The maximum atomic E-state index is 9.16. The van der Waals surface area contributed by atoms with Gasteiger partial charge in [0.2, 0.25) is 0 Å². The van der Waals surface area contributed by atoms with Gasteiger partial charge in [0.05, 0.1) is 19.8 Å². The molecular weight excluding hydrogens is 295 g/mol. The van der Waals surface area contributed by atoms with Crippen LogP contribution in [0.1, 0.15) is 64.7 Å². The van der Waals surface area contributed by atoms with Gasteiger partial charge < -0.3 is 30.0 Å². The first-order chi connectivity index (χ1) is 9.97. The van der Waals surface area contributed by atoms with Gasteiger partial charge in [0.15, 0.2) is 0 Å². The van der Waals surface area contributed by atoms with Crippen LogP contribution >= 0.6 is 8.60 Å². The lowest BCUT2D eigenvalue weighted by Gasteiger charge is -2.27. The van der Waals surface area contributed by atoms with Crippen molar-refractivity contribution in [1.82, 2.24) is 0 Å². The van der Waals surface area contributed by atoms with E-state index < -0.39 is 14.0 Å².